The van der Waals surface area contributed by atoms with Gasteiger partial charge in [0, 0.05) is 31.1 Å². The van der Waals surface area contributed by atoms with Gasteiger partial charge in [0.15, 0.2) is 0 Å². The number of furan rings is 1. The minimum Gasteiger partial charge on any atom is -0.497 e. The lowest BCUT2D eigenvalue weighted by Gasteiger charge is -2.11. The van der Waals surface area contributed by atoms with Gasteiger partial charge in [-0.05, 0) is 24.3 Å². The fourth-order valence-corrected chi connectivity index (χ4v) is 2.12. The zero-order chi connectivity index (χ0) is 16.5. The minimum atomic E-state index is -0.0673. The minimum absolute atomic E-state index is 0.0673. The van der Waals surface area contributed by atoms with Crippen molar-refractivity contribution in [2.45, 2.75) is 13.0 Å². The molecular formula is C17H22N2O4. The normalized spacial score (nSPS) is 10.3. The molecule has 1 aromatic heterocycles. The van der Waals surface area contributed by atoms with E-state index in [1.54, 1.807) is 26.5 Å². The van der Waals surface area contributed by atoms with Crippen LogP contribution in [0.5, 0.6) is 11.5 Å². The van der Waals surface area contributed by atoms with Crippen LogP contribution >= 0.6 is 0 Å². The largest absolute Gasteiger partial charge is 0.497 e. The molecule has 2 rings (SSSR count). The third-order valence-corrected chi connectivity index (χ3v) is 3.38. The van der Waals surface area contributed by atoms with Gasteiger partial charge in [0.25, 0.3) is 0 Å². The van der Waals surface area contributed by atoms with Gasteiger partial charge >= 0.3 is 0 Å². The van der Waals surface area contributed by atoms with Crippen molar-refractivity contribution < 1.29 is 18.7 Å². The molecule has 0 aliphatic rings. The van der Waals surface area contributed by atoms with Crippen molar-refractivity contribution in [3.63, 3.8) is 0 Å². The third kappa shape index (κ3) is 5.34. The lowest BCUT2D eigenvalue weighted by atomic mass is 10.2. The third-order valence-electron chi connectivity index (χ3n) is 3.38. The summed E-state index contributed by atoms with van der Waals surface area (Å²) in [4.78, 5) is 11.8. The zero-order valence-electron chi connectivity index (χ0n) is 13.4. The number of benzene rings is 1. The van der Waals surface area contributed by atoms with Gasteiger partial charge in [-0.15, -0.1) is 0 Å². The first-order valence-electron chi connectivity index (χ1n) is 7.43. The Bertz CT molecular complexity index is 611. The first-order valence-corrected chi connectivity index (χ1v) is 7.43. The standard InChI is InChI=1S/C17H22N2O4/c1-21-15-6-5-13(16(10-15)22-2)11-19-17(20)12-18-8-7-14-4-3-9-23-14/h3-6,9-10,18H,7-8,11-12H2,1-2H3,(H,19,20). The summed E-state index contributed by atoms with van der Waals surface area (Å²) < 4.78 is 15.7. The Hall–Kier alpha value is -2.47. The van der Waals surface area contributed by atoms with Crippen LogP contribution in [0.1, 0.15) is 11.3 Å². The van der Waals surface area contributed by atoms with Crippen LogP contribution in [0, 0.1) is 0 Å². The Labute approximate surface area is 135 Å². The molecule has 0 fully saturated rings. The number of amides is 1. The van der Waals surface area contributed by atoms with Crippen LogP contribution in [0.3, 0.4) is 0 Å². The molecule has 0 saturated carbocycles. The molecule has 0 radical (unpaired) electrons. The Balaban J connectivity index is 1.71. The molecule has 2 aromatic rings. The molecule has 0 saturated heterocycles. The molecule has 2 N–H and O–H groups in total. The highest BCUT2D eigenvalue weighted by Gasteiger charge is 2.07. The van der Waals surface area contributed by atoms with E-state index in [1.165, 1.54) is 0 Å². The van der Waals surface area contributed by atoms with Crippen molar-refractivity contribution in [2.75, 3.05) is 27.3 Å². The second kappa shape index (κ2) is 8.85. The summed E-state index contributed by atoms with van der Waals surface area (Å²) in [6.07, 6.45) is 2.40. The van der Waals surface area contributed by atoms with Gasteiger partial charge < -0.3 is 24.5 Å². The van der Waals surface area contributed by atoms with E-state index in [0.29, 0.717) is 18.8 Å². The molecule has 0 spiro atoms. The van der Waals surface area contributed by atoms with Gasteiger partial charge in [-0.2, -0.15) is 0 Å². The van der Waals surface area contributed by atoms with Crippen molar-refractivity contribution >= 4 is 5.91 Å². The predicted molar refractivity (Wildman–Crippen MR) is 86.7 cm³/mol. The van der Waals surface area contributed by atoms with Gasteiger partial charge in [-0.3, -0.25) is 4.79 Å². The van der Waals surface area contributed by atoms with E-state index in [0.717, 1.165) is 23.5 Å². The molecule has 23 heavy (non-hydrogen) atoms. The topological polar surface area (TPSA) is 72.7 Å². The van der Waals surface area contributed by atoms with Gasteiger partial charge in [0.1, 0.15) is 17.3 Å². The molecule has 1 heterocycles. The van der Waals surface area contributed by atoms with E-state index < -0.39 is 0 Å². The van der Waals surface area contributed by atoms with Crippen molar-refractivity contribution in [1.82, 2.24) is 10.6 Å². The Kier molecular flexibility index (Phi) is 6.50. The number of hydrogen-bond acceptors (Lipinski definition) is 5. The second-order valence-electron chi connectivity index (χ2n) is 4.96. The monoisotopic (exact) mass is 318 g/mol. The molecule has 1 aromatic carbocycles. The maximum absolute atomic E-state index is 11.8. The Morgan fingerprint density at radius 1 is 1.22 bits per heavy atom. The van der Waals surface area contributed by atoms with Crippen LogP contribution in [0.4, 0.5) is 0 Å². The highest BCUT2D eigenvalue weighted by Crippen LogP contribution is 2.24. The maximum Gasteiger partial charge on any atom is 0.234 e. The highest BCUT2D eigenvalue weighted by molar-refractivity contribution is 5.78. The number of ether oxygens (including phenoxy) is 2. The fourth-order valence-electron chi connectivity index (χ4n) is 2.12. The average molecular weight is 318 g/mol. The number of carbonyl (C=O) groups excluding carboxylic acids is 1. The fraction of sp³-hybridized carbons (Fsp3) is 0.353. The first-order chi connectivity index (χ1) is 11.2. The molecule has 0 unspecified atom stereocenters. The maximum atomic E-state index is 11.8. The summed E-state index contributed by atoms with van der Waals surface area (Å²) in [5.74, 6) is 2.25. The van der Waals surface area contributed by atoms with E-state index in [4.69, 9.17) is 13.9 Å². The van der Waals surface area contributed by atoms with Crippen LogP contribution in [-0.4, -0.2) is 33.2 Å². The van der Waals surface area contributed by atoms with Gasteiger partial charge in [0.05, 0.1) is 27.0 Å². The van der Waals surface area contributed by atoms with Gasteiger partial charge in [-0.25, -0.2) is 0 Å². The van der Waals surface area contributed by atoms with Crippen molar-refractivity contribution in [1.29, 1.82) is 0 Å². The molecule has 0 bridgehead atoms. The van der Waals surface area contributed by atoms with Gasteiger partial charge in [-0.1, -0.05) is 0 Å². The van der Waals surface area contributed by atoms with E-state index in [2.05, 4.69) is 10.6 Å². The number of nitrogens with one attached hydrogen (secondary N) is 2. The quantitative estimate of drug-likeness (QED) is 0.689. The highest BCUT2D eigenvalue weighted by atomic mass is 16.5. The summed E-state index contributed by atoms with van der Waals surface area (Å²) in [7, 11) is 3.20. The lowest BCUT2D eigenvalue weighted by Crippen LogP contribution is -2.34. The summed E-state index contributed by atoms with van der Waals surface area (Å²) in [6.45, 7) is 1.36. The number of rotatable bonds is 9. The van der Waals surface area contributed by atoms with Crippen LogP contribution in [0.15, 0.2) is 41.0 Å². The number of hydrogen-bond donors (Lipinski definition) is 2. The van der Waals surface area contributed by atoms with E-state index in [1.807, 2.05) is 24.3 Å². The Morgan fingerprint density at radius 3 is 2.78 bits per heavy atom. The second-order valence-corrected chi connectivity index (χ2v) is 4.96. The predicted octanol–water partition coefficient (Wildman–Crippen LogP) is 1.75. The molecular weight excluding hydrogens is 296 g/mol. The summed E-state index contributed by atoms with van der Waals surface area (Å²) >= 11 is 0. The molecule has 1 amide bonds. The van der Waals surface area contributed by atoms with Crippen LogP contribution in [0.25, 0.3) is 0 Å². The molecule has 0 aliphatic heterocycles. The van der Waals surface area contributed by atoms with Crippen molar-refractivity contribution in [3.05, 3.63) is 47.9 Å². The van der Waals surface area contributed by atoms with E-state index >= 15 is 0 Å². The molecule has 124 valence electrons. The van der Waals surface area contributed by atoms with E-state index in [-0.39, 0.29) is 12.5 Å². The van der Waals surface area contributed by atoms with Crippen molar-refractivity contribution in [3.8, 4) is 11.5 Å². The Morgan fingerprint density at radius 2 is 2.09 bits per heavy atom. The van der Waals surface area contributed by atoms with Crippen LogP contribution in [-0.2, 0) is 17.8 Å². The average Bonchev–Trinajstić information content (AvgIpc) is 3.10. The SMILES string of the molecule is COc1ccc(CNC(=O)CNCCc2ccco2)c(OC)c1. The van der Waals surface area contributed by atoms with Gasteiger partial charge in [0.2, 0.25) is 5.91 Å². The van der Waals surface area contributed by atoms with Crippen LogP contribution in [0.2, 0.25) is 0 Å². The number of carbonyl (C=O) groups is 1. The smallest absolute Gasteiger partial charge is 0.234 e. The molecule has 0 atom stereocenters. The molecule has 0 aliphatic carbocycles. The zero-order valence-corrected chi connectivity index (χ0v) is 13.4. The lowest BCUT2D eigenvalue weighted by molar-refractivity contribution is -0.120. The summed E-state index contributed by atoms with van der Waals surface area (Å²) in [5, 5.41) is 5.94. The molecule has 6 heteroatoms. The van der Waals surface area contributed by atoms with Crippen LogP contribution < -0.4 is 20.1 Å². The first kappa shape index (κ1) is 16.9. The van der Waals surface area contributed by atoms with E-state index in [9.17, 15) is 4.79 Å². The number of methoxy groups -OCH3 is 2. The van der Waals surface area contributed by atoms with Crippen molar-refractivity contribution in [2.24, 2.45) is 0 Å². The molecule has 6 nitrogen and oxygen atoms in total. The summed E-state index contributed by atoms with van der Waals surface area (Å²) in [5.41, 5.74) is 0.900. The summed E-state index contributed by atoms with van der Waals surface area (Å²) in [6, 6.07) is 9.28.